The second kappa shape index (κ2) is 6.23. The summed E-state index contributed by atoms with van der Waals surface area (Å²) in [5.74, 6) is -0.686. The number of nitrogens with two attached hydrogens (primary N) is 1. The van der Waals surface area contributed by atoms with Gasteiger partial charge in [0.1, 0.15) is 5.82 Å². The van der Waals surface area contributed by atoms with Crippen LogP contribution in [0.25, 0.3) is 0 Å². The summed E-state index contributed by atoms with van der Waals surface area (Å²) in [6.45, 7) is 6.84. The van der Waals surface area contributed by atoms with Gasteiger partial charge in [-0.15, -0.1) is 0 Å². The van der Waals surface area contributed by atoms with E-state index in [1.165, 1.54) is 6.07 Å². The number of nitrogens with zero attached hydrogens (tertiary/aromatic N) is 2. The summed E-state index contributed by atoms with van der Waals surface area (Å²) < 4.78 is 13.9. The van der Waals surface area contributed by atoms with Gasteiger partial charge in [-0.1, -0.05) is 18.1 Å². The summed E-state index contributed by atoms with van der Waals surface area (Å²) in [5.41, 5.74) is 6.37. The van der Waals surface area contributed by atoms with E-state index in [4.69, 9.17) is 10.9 Å². The Morgan fingerprint density at radius 2 is 2.17 bits per heavy atom. The van der Waals surface area contributed by atoms with Gasteiger partial charge in [0.15, 0.2) is 5.84 Å². The number of amidine groups is 1. The molecule has 0 aliphatic rings. The van der Waals surface area contributed by atoms with Crippen LogP contribution in [0, 0.1) is 5.82 Å². The molecule has 0 saturated carbocycles. The van der Waals surface area contributed by atoms with Crippen molar-refractivity contribution in [3.05, 3.63) is 29.6 Å². The van der Waals surface area contributed by atoms with E-state index < -0.39 is 5.82 Å². The largest absolute Gasteiger partial charge is 0.409 e. The number of hydrogen-bond donors (Lipinski definition) is 2. The van der Waals surface area contributed by atoms with Gasteiger partial charge in [-0.2, -0.15) is 0 Å². The van der Waals surface area contributed by atoms with Gasteiger partial charge >= 0.3 is 0 Å². The number of halogens is 1. The molecule has 1 atom stereocenters. The fraction of sp³-hybridized carbons (Fsp3) is 0.462. The lowest BCUT2D eigenvalue weighted by molar-refractivity contribution is 0.318. The molecule has 1 aromatic rings. The zero-order valence-electron chi connectivity index (χ0n) is 11.0. The van der Waals surface area contributed by atoms with Gasteiger partial charge in [0, 0.05) is 12.6 Å². The van der Waals surface area contributed by atoms with E-state index in [9.17, 15) is 4.39 Å². The van der Waals surface area contributed by atoms with Crippen LogP contribution in [-0.2, 0) is 0 Å². The van der Waals surface area contributed by atoms with Gasteiger partial charge in [-0.05, 0) is 32.4 Å². The van der Waals surface area contributed by atoms with Gasteiger partial charge in [0.2, 0.25) is 0 Å². The predicted molar refractivity (Wildman–Crippen MR) is 71.7 cm³/mol. The number of benzene rings is 1. The van der Waals surface area contributed by atoms with Crippen LogP contribution in [0.2, 0.25) is 0 Å². The van der Waals surface area contributed by atoms with Crippen molar-refractivity contribution in [1.29, 1.82) is 0 Å². The molecule has 5 heteroatoms. The van der Waals surface area contributed by atoms with Crippen LogP contribution in [0.5, 0.6) is 0 Å². The van der Waals surface area contributed by atoms with Gasteiger partial charge in [0.05, 0.1) is 11.3 Å². The molecule has 0 aliphatic heterocycles. The minimum absolute atomic E-state index is 0.155. The summed E-state index contributed by atoms with van der Waals surface area (Å²) >= 11 is 0. The fourth-order valence-electron chi connectivity index (χ4n) is 2.00. The van der Waals surface area contributed by atoms with E-state index in [1.54, 1.807) is 12.1 Å². The van der Waals surface area contributed by atoms with Crippen molar-refractivity contribution >= 4 is 11.5 Å². The Morgan fingerprint density at radius 3 is 2.67 bits per heavy atom. The summed E-state index contributed by atoms with van der Waals surface area (Å²) in [5, 5.41) is 11.7. The first kappa shape index (κ1) is 14.3. The molecule has 100 valence electrons. The lowest BCUT2D eigenvalue weighted by atomic mass is 10.1. The van der Waals surface area contributed by atoms with E-state index in [-0.39, 0.29) is 17.4 Å². The van der Waals surface area contributed by atoms with Crippen molar-refractivity contribution in [2.45, 2.75) is 33.2 Å². The van der Waals surface area contributed by atoms with E-state index in [2.05, 4.69) is 19.0 Å². The maximum Gasteiger partial charge on any atom is 0.175 e. The Labute approximate surface area is 107 Å². The monoisotopic (exact) mass is 253 g/mol. The van der Waals surface area contributed by atoms with Crippen LogP contribution >= 0.6 is 0 Å². The Kier molecular flexibility index (Phi) is 4.95. The van der Waals surface area contributed by atoms with Gasteiger partial charge in [-0.25, -0.2) is 4.39 Å². The summed E-state index contributed by atoms with van der Waals surface area (Å²) in [4.78, 5) is 2.04. The first-order valence-corrected chi connectivity index (χ1v) is 6.09. The molecule has 1 unspecified atom stereocenters. The molecule has 0 heterocycles. The van der Waals surface area contributed by atoms with E-state index >= 15 is 0 Å². The molecule has 0 aliphatic carbocycles. The second-order valence-electron chi connectivity index (χ2n) is 4.16. The molecule has 0 saturated heterocycles. The highest BCUT2D eigenvalue weighted by Gasteiger charge is 2.19. The molecular formula is C13H20FN3O. The van der Waals surface area contributed by atoms with Gasteiger partial charge < -0.3 is 15.8 Å². The smallest absolute Gasteiger partial charge is 0.175 e. The second-order valence-corrected chi connectivity index (χ2v) is 4.16. The molecule has 0 spiro atoms. The molecule has 3 N–H and O–H groups in total. The molecule has 0 fully saturated rings. The molecular weight excluding hydrogens is 233 g/mol. The molecule has 0 aromatic heterocycles. The highest BCUT2D eigenvalue weighted by Crippen LogP contribution is 2.25. The standard InChI is InChI=1S/C13H20FN3O/c1-4-9(3)17(5-2)11-8-6-7-10(14)12(11)13(15)16-18/h6-9,18H,4-5H2,1-3H3,(H2,15,16). The third-order valence-electron chi connectivity index (χ3n) is 3.13. The topological polar surface area (TPSA) is 61.8 Å². The lowest BCUT2D eigenvalue weighted by Gasteiger charge is -2.31. The van der Waals surface area contributed by atoms with Crippen LogP contribution in [0.3, 0.4) is 0 Å². The zero-order valence-corrected chi connectivity index (χ0v) is 11.0. The maximum absolute atomic E-state index is 13.9. The zero-order chi connectivity index (χ0) is 13.7. The van der Waals surface area contributed by atoms with Crippen molar-refractivity contribution < 1.29 is 9.60 Å². The molecule has 0 amide bonds. The minimum atomic E-state index is -0.482. The number of anilines is 1. The first-order chi connectivity index (χ1) is 8.56. The quantitative estimate of drug-likeness (QED) is 0.367. The third kappa shape index (κ3) is 2.72. The highest BCUT2D eigenvalue weighted by atomic mass is 19.1. The first-order valence-electron chi connectivity index (χ1n) is 6.09. The summed E-state index contributed by atoms with van der Waals surface area (Å²) in [6.07, 6.45) is 0.931. The van der Waals surface area contributed by atoms with E-state index in [0.717, 1.165) is 13.0 Å². The highest BCUT2D eigenvalue weighted by molar-refractivity contribution is 6.02. The van der Waals surface area contributed by atoms with E-state index in [0.29, 0.717) is 5.69 Å². The maximum atomic E-state index is 13.9. The van der Waals surface area contributed by atoms with Crippen LogP contribution in [0.15, 0.2) is 23.4 Å². The van der Waals surface area contributed by atoms with Crippen molar-refractivity contribution in [2.24, 2.45) is 10.9 Å². The van der Waals surface area contributed by atoms with Crippen LogP contribution in [0.1, 0.15) is 32.8 Å². The van der Waals surface area contributed by atoms with Gasteiger partial charge in [-0.3, -0.25) is 0 Å². The van der Waals surface area contributed by atoms with Crippen LogP contribution in [0.4, 0.5) is 10.1 Å². The molecule has 18 heavy (non-hydrogen) atoms. The fourth-order valence-corrected chi connectivity index (χ4v) is 2.00. The van der Waals surface area contributed by atoms with Crippen molar-refractivity contribution in [1.82, 2.24) is 0 Å². The van der Waals surface area contributed by atoms with Crippen molar-refractivity contribution in [3.63, 3.8) is 0 Å². The Bertz CT molecular complexity index is 434. The third-order valence-corrected chi connectivity index (χ3v) is 3.13. The molecule has 1 aromatic carbocycles. The average Bonchev–Trinajstić information content (AvgIpc) is 2.38. The Morgan fingerprint density at radius 1 is 1.50 bits per heavy atom. The minimum Gasteiger partial charge on any atom is -0.409 e. The average molecular weight is 253 g/mol. The van der Waals surface area contributed by atoms with Crippen LogP contribution < -0.4 is 10.6 Å². The van der Waals surface area contributed by atoms with Crippen molar-refractivity contribution in [3.8, 4) is 0 Å². The van der Waals surface area contributed by atoms with Gasteiger partial charge in [0.25, 0.3) is 0 Å². The van der Waals surface area contributed by atoms with Crippen molar-refractivity contribution in [2.75, 3.05) is 11.4 Å². The summed E-state index contributed by atoms with van der Waals surface area (Å²) in [7, 11) is 0. The molecule has 0 radical (unpaired) electrons. The molecule has 1 rings (SSSR count). The summed E-state index contributed by atoms with van der Waals surface area (Å²) in [6, 6.07) is 4.97. The molecule has 4 nitrogen and oxygen atoms in total. The normalized spacial score (nSPS) is 13.4. The lowest BCUT2D eigenvalue weighted by Crippen LogP contribution is -2.34. The number of hydrogen-bond acceptors (Lipinski definition) is 3. The molecule has 0 bridgehead atoms. The van der Waals surface area contributed by atoms with E-state index in [1.807, 2.05) is 11.8 Å². The number of oxime groups is 1. The predicted octanol–water partition coefficient (Wildman–Crippen LogP) is 2.55. The number of rotatable bonds is 5. The van der Waals surface area contributed by atoms with Crippen LogP contribution in [-0.4, -0.2) is 23.6 Å². The SMILES string of the molecule is CCC(C)N(CC)c1cccc(F)c1C(N)=NO. The Hall–Kier alpha value is -1.78. The Balaban J connectivity index is 3.34.